The van der Waals surface area contributed by atoms with Crippen LogP contribution in [0.2, 0.25) is 0 Å². The van der Waals surface area contributed by atoms with Gasteiger partial charge in [0.2, 0.25) is 0 Å². The van der Waals surface area contributed by atoms with Gasteiger partial charge in [-0.15, -0.1) is 0 Å². The Morgan fingerprint density at radius 2 is 2.08 bits per heavy atom. The van der Waals surface area contributed by atoms with Crippen molar-refractivity contribution in [3.8, 4) is 0 Å². The van der Waals surface area contributed by atoms with Gasteiger partial charge in [-0.25, -0.2) is 4.79 Å². The molecule has 0 rings (SSSR count). The second-order valence-electron chi connectivity index (χ2n) is 3.20. The number of hydrogen-bond donors (Lipinski definition) is 1. The van der Waals surface area contributed by atoms with E-state index in [2.05, 4.69) is 6.92 Å². The SMILES string of the molecule is CCCC(C)COC(=O)C(C)O. The van der Waals surface area contributed by atoms with E-state index in [4.69, 9.17) is 9.84 Å². The largest absolute Gasteiger partial charge is 0.463 e. The van der Waals surface area contributed by atoms with Crippen molar-refractivity contribution in [1.29, 1.82) is 0 Å². The van der Waals surface area contributed by atoms with E-state index in [0.717, 1.165) is 12.8 Å². The van der Waals surface area contributed by atoms with Gasteiger partial charge < -0.3 is 9.84 Å². The van der Waals surface area contributed by atoms with Crippen molar-refractivity contribution < 1.29 is 14.6 Å². The Morgan fingerprint density at radius 1 is 1.50 bits per heavy atom. The molecule has 0 spiro atoms. The predicted octanol–water partition coefficient (Wildman–Crippen LogP) is 1.35. The van der Waals surface area contributed by atoms with Crippen molar-refractivity contribution in [2.75, 3.05) is 6.61 Å². The standard InChI is InChI=1S/C9H18O3/c1-4-5-7(2)6-12-9(11)8(3)10/h7-8,10H,4-6H2,1-3H3. The number of carbonyl (C=O) groups excluding carboxylic acids is 1. The maximum atomic E-state index is 10.8. The van der Waals surface area contributed by atoms with Crippen LogP contribution in [0.15, 0.2) is 0 Å². The van der Waals surface area contributed by atoms with E-state index in [-0.39, 0.29) is 0 Å². The summed E-state index contributed by atoms with van der Waals surface area (Å²) in [4.78, 5) is 10.8. The van der Waals surface area contributed by atoms with Crippen LogP contribution in [0, 0.1) is 5.92 Å². The minimum absolute atomic E-state index is 0.387. The smallest absolute Gasteiger partial charge is 0.334 e. The molecule has 0 saturated carbocycles. The summed E-state index contributed by atoms with van der Waals surface area (Å²) < 4.78 is 4.83. The van der Waals surface area contributed by atoms with E-state index in [1.165, 1.54) is 6.92 Å². The number of ether oxygens (including phenoxy) is 1. The van der Waals surface area contributed by atoms with Crippen molar-refractivity contribution in [2.45, 2.75) is 39.7 Å². The van der Waals surface area contributed by atoms with Crippen LogP contribution in [0.25, 0.3) is 0 Å². The van der Waals surface area contributed by atoms with Crippen molar-refractivity contribution in [3.05, 3.63) is 0 Å². The van der Waals surface area contributed by atoms with Gasteiger partial charge in [0.05, 0.1) is 6.61 Å². The van der Waals surface area contributed by atoms with Crippen molar-refractivity contribution in [2.24, 2.45) is 5.92 Å². The summed E-state index contributed by atoms with van der Waals surface area (Å²) in [6.07, 6.45) is 1.14. The Bertz CT molecular complexity index is 132. The molecule has 0 aliphatic heterocycles. The van der Waals surface area contributed by atoms with Crippen molar-refractivity contribution >= 4 is 5.97 Å². The minimum Gasteiger partial charge on any atom is -0.463 e. The second kappa shape index (κ2) is 6.00. The fourth-order valence-electron chi connectivity index (χ4n) is 0.921. The molecule has 0 aliphatic carbocycles. The monoisotopic (exact) mass is 174 g/mol. The molecule has 72 valence electrons. The molecular formula is C9H18O3. The van der Waals surface area contributed by atoms with E-state index in [1.807, 2.05) is 6.92 Å². The zero-order valence-electron chi connectivity index (χ0n) is 8.04. The van der Waals surface area contributed by atoms with E-state index in [9.17, 15) is 4.79 Å². The Hall–Kier alpha value is -0.570. The minimum atomic E-state index is -1.00. The highest BCUT2D eigenvalue weighted by molar-refractivity contribution is 5.73. The predicted molar refractivity (Wildman–Crippen MR) is 46.7 cm³/mol. The molecule has 3 nitrogen and oxygen atoms in total. The molecular weight excluding hydrogens is 156 g/mol. The molecule has 0 aliphatic rings. The third-order valence-corrected chi connectivity index (χ3v) is 1.63. The fourth-order valence-corrected chi connectivity index (χ4v) is 0.921. The van der Waals surface area contributed by atoms with E-state index < -0.39 is 12.1 Å². The van der Waals surface area contributed by atoms with Gasteiger partial charge in [-0.1, -0.05) is 20.3 Å². The zero-order chi connectivity index (χ0) is 9.56. The molecule has 0 bridgehead atoms. The average Bonchev–Trinajstić information content (AvgIpc) is 2.00. The summed E-state index contributed by atoms with van der Waals surface area (Å²) in [5.74, 6) is -0.143. The summed E-state index contributed by atoms with van der Waals surface area (Å²) in [6.45, 7) is 5.94. The van der Waals surface area contributed by atoms with Crippen LogP contribution in [0.3, 0.4) is 0 Å². The lowest BCUT2D eigenvalue weighted by Crippen LogP contribution is -2.21. The maximum absolute atomic E-state index is 10.8. The van der Waals surface area contributed by atoms with Gasteiger partial charge in [0.15, 0.2) is 0 Å². The number of aliphatic hydroxyl groups is 1. The summed E-state index contributed by atoms with van der Waals surface area (Å²) in [5, 5.41) is 8.79. The van der Waals surface area contributed by atoms with Crippen LogP contribution >= 0.6 is 0 Å². The van der Waals surface area contributed by atoms with Gasteiger partial charge in [-0.3, -0.25) is 0 Å². The van der Waals surface area contributed by atoms with Crippen LogP contribution in [0.1, 0.15) is 33.6 Å². The van der Waals surface area contributed by atoms with E-state index in [1.54, 1.807) is 0 Å². The fraction of sp³-hybridized carbons (Fsp3) is 0.889. The molecule has 1 N–H and O–H groups in total. The molecule has 0 aromatic carbocycles. The summed E-state index contributed by atoms with van der Waals surface area (Å²) in [6, 6.07) is 0. The Kier molecular flexibility index (Phi) is 5.72. The molecule has 0 radical (unpaired) electrons. The van der Waals surface area contributed by atoms with Gasteiger partial charge in [0.1, 0.15) is 6.10 Å². The van der Waals surface area contributed by atoms with Gasteiger partial charge in [0, 0.05) is 0 Å². The van der Waals surface area contributed by atoms with Crippen LogP contribution < -0.4 is 0 Å². The Balaban J connectivity index is 3.47. The number of esters is 1. The van der Waals surface area contributed by atoms with Crippen LogP contribution in [0.4, 0.5) is 0 Å². The topological polar surface area (TPSA) is 46.5 Å². The molecule has 2 unspecified atom stereocenters. The first-order chi connectivity index (χ1) is 5.57. The molecule has 0 heterocycles. The number of rotatable bonds is 5. The van der Waals surface area contributed by atoms with Crippen molar-refractivity contribution in [1.82, 2.24) is 0 Å². The average molecular weight is 174 g/mol. The highest BCUT2D eigenvalue weighted by Crippen LogP contribution is 2.05. The number of hydrogen-bond acceptors (Lipinski definition) is 3. The van der Waals surface area contributed by atoms with Gasteiger partial charge in [-0.05, 0) is 19.3 Å². The molecule has 3 heteroatoms. The number of carbonyl (C=O) groups is 1. The van der Waals surface area contributed by atoms with Gasteiger partial charge >= 0.3 is 5.97 Å². The lowest BCUT2D eigenvalue weighted by Gasteiger charge is -2.11. The molecule has 12 heavy (non-hydrogen) atoms. The molecule has 0 aromatic rings. The quantitative estimate of drug-likeness (QED) is 0.640. The van der Waals surface area contributed by atoms with E-state index in [0.29, 0.717) is 12.5 Å². The second-order valence-corrected chi connectivity index (χ2v) is 3.20. The maximum Gasteiger partial charge on any atom is 0.334 e. The normalized spacial score (nSPS) is 15.3. The lowest BCUT2D eigenvalue weighted by atomic mass is 10.1. The van der Waals surface area contributed by atoms with Crippen molar-refractivity contribution in [3.63, 3.8) is 0 Å². The lowest BCUT2D eigenvalue weighted by molar-refractivity contribution is -0.153. The van der Waals surface area contributed by atoms with Crippen LogP contribution in [-0.2, 0) is 9.53 Å². The molecule has 0 fully saturated rings. The highest BCUT2D eigenvalue weighted by atomic mass is 16.5. The molecule has 0 amide bonds. The van der Waals surface area contributed by atoms with E-state index >= 15 is 0 Å². The zero-order valence-corrected chi connectivity index (χ0v) is 8.04. The third-order valence-electron chi connectivity index (χ3n) is 1.63. The highest BCUT2D eigenvalue weighted by Gasteiger charge is 2.11. The third kappa shape index (κ3) is 5.13. The molecule has 2 atom stereocenters. The summed E-state index contributed by atoms with van der Waals surface area (Å²) in [7, 11) is 0. The van der Waals surface area contributed by atoms with Gasteiger partial charge in [-0.2, -0.15) is 0 Å². The first-order valence-corrected chi connectivity index (χ1v) is 4.42. The van der Waals surface area contributed by atoms with Gasteiger partial charge in [0.25, 0.3) is 0 Å². The first kappa shape index (κ1) is 11.4. The molecule has 0 saturated heterocycles. The summed E-state index contributed by atoms with van der Waals surface area (Å²) in [5.41, 5.74) is 0. The van der Waals surface area contributed by atoms with Crippen LogP contribution in [-0.4, -0.2) is 23.8 Å². The number of aliphatic hydroxyl groups excluding tert-OH is 1. The Labute approximate surface area is 73.7 Å². The first-order valence-electron chi connectivity index (χ1n) is 4.42. The Morgan fingerprint density at radius 3 is 2.50 bits per heavy atom. The molecule has 0 aromatic heterocycles. The summed E-state index contributed by atoms with van der Waals surface area (Å²) >= 11 is 0. The van der Waals surface area contributed by atoms with Crippen LogP contribution in [0.5, 0.6) is 0 Å².